The predicted octanol–water partition coefficient (Wildman–Crippen LogP) is 11.3. The third-order valence-electron chi connectivity index (χ3n) is 7.30. The van der Waals surface area contributed by atoms with Gasteiger partial charge in [0.1, 0.15) is 0 Å². The van der Waals surface area contributed by atoms with Crippen LogP contribution in [0.3, 0.4) is 0 Å². The van der Waals surface area contributed by atoms with Crippen LogP contribution in [0.1, 0.15) is 0 Å². The van der Waals surface area contributed by atoms with Crippen LogP contribution >= 0.6 is 31.9 Å². The van der Waals surface area contributed by atoms with E-state index in [0.29, 0.717) is 0 Å². The minimum Gasteiger partial charge on any atom is -0.308 e. The average Bonchev–Trinajstić information content (AvgIpc) is 3.30. The van der Waals surface area contributed by atoms with Crippen LogP contribution in [0.15, 0.2) is 148 Å². The van der Waals surface area contributed by atoms with Crippen molar-refractivity contribution >= 4 is 53.7 Å². The third kappa shape index (κ3) is 4.32. The van der Waals surface area contributed by atoms with E-state index in [2.05, 4.69) is 176 Å². The summed E-state index contributed by atoms with van der Waals surface area (Å²) >= 11 is 7.44. The summed E-state index contributed by atoms with van der Waals surface area (Å²) < 4.78 is 4.59. The highest BCUT2D eigenvalue weighted by Crippen LogP contribution is 2.44. The van der Waals surface area contributed by atoms with E-state index in [-0.39, 0.29) is 0 Å². The number of benzene rings is 6. The molecule has 7 aromatic rings. The van der Waals surface area contributed by atoms with Gasteiger partial charge in [-0.25, -0.2) is 0 Å². The lowest BCUT2D eigenvalue weighted by Crippen LogP contribution is -2.01. The summed E-state index contributed by atoms with van der Waals surface area (Å²) in [5.41, 5.74) is 10.7. The first-order valence-electron chi connectivity index (χ1n) is 12.9. The molecule has 3 heteroatoms. The molecule has 0 atom stereocenters. The maximum absolute atomic E-state index is 3.72. The first-order chi connectivity index (χ1) is 19.2. The number of fused-ring (bicyclic) bond motifs is 3. The molecule has 0 aliphatic carbocycles. The van der Waals surface area contributed by atoms with E-state index in [0.717, 1.165) is 8.95 Å². The second kappa shape index (κ2) is 10.00. The average molecular weight is 629 g/mol. The summed E-state index contributed by atoms with van der Waals surface area (Å²) in [6.45, 7) is 0. The van der Waals surface area contributed by atoms with Gasteiger partial charge in [0, 0.05) is 30.8 Å². The molecule has 0 aliphatic rings. The molecule has 1 heterocycles. The van der Waals surface area contributed by atoms with E-state index >= 15 is 0 Å². The molecular weight excluding hydrogens is 606 g/mol. The van der Waals surface area contributed by atoms with Gasteiger partial charge in [-0.15, -0.1) is 0 Å². The second-order valence-corrected chi connectivity index (χ2v) is 11.5. The van der Waals surface area contributed by atoms with Gasteiger partial charge < -0.3 is 4.57 Å². The van der Waals surface area contributed by atoms with Gasteiger partial charge in [0.25, 0.3) is 0 Å². The largest absolute Gasteiger partial charge is 0.308 e. The van der Waals surface area contributed by atoms with E-state index < -0.39 is 0 Å². The summed E-state index contributed by atoms with van der Waals surface area (Å²) in [5.74, 6) is 0. The van der Waals surface area contributed by atoms with Crippen molar-refractivity contribution in [3.63, 3.8) is 0 Å². The van der Waals surface area contributed by atoms with Crippen LogP contribution in [0.2, 0.25) is 0 Å². The van der Waals surface area contributed by atoms with Crippen LogP contribution in [-0.4, -0.2) is 4.57 Å². The lowest BCUT2D eigenvalue weighted by atomic mass is 9.90. The van der Waals surface area contributed by atoms with Crippen molar-refractivity contribution in [3.8, 4) is 39.1 Å². The molecule has 0 fully saturated rings. The molecular formula is C36H23Br2N. The molecule has 0 N–H and O–H groups in total. The van der Waals surface area contributed by atoms with Gasteiger partial charge in [-0.1, -0.05) is 123 Å². The highest BCUT2D eigenvalue weighted by molar-refractivity contribution is 9.10. The van der Waals surface area contributed by atoms with Crippen molar-refractivity contribution in [1.82, 2.24) is 4.57 Å². The first kappa shape index (κ1) is 24.1. The van der Waals surface area contributed by atoms with Crippen molar-refractivity contribution < 1.29 is 0 Å². The third-order valence-corrected chi connectivity index (χ3v) is 8.29. The Kier molecular flexibility index (Phi) is 6.19. The Labute approximate surface area is 244 Å². The van der Waals surface area contributed by atoms with Gasteiger partial charge in [0.05, 0.1) is 16.7 Å². The van der Waals surface area contributed by atoms with Gasteiger partial charge in [-0.3, -0.25) is 0 Å². The van der Waals surface area contributed by atoms with E-state index in [9.17, 15) is 0 Å². The number of hydrogen-bond acceptors (Lipinski definition) is 0. The summed E-state index contributed by atoms with van der Waals surface area (Å²) in [4.78, 5) is 0. The lowest BCUT2D eigenvalue weighted by molar-refractivity contribution is 1.18. The summed E-state index contributed by atoms with van der Waals surface area (Å²) in [5, 5.41) is 2.43. The molecule has 0 spiro atoms. The van der Waals surface area contributed by atoms with Gasteiger partial charge >= 0.3 is 0 Å². The molecule has 0 saturated carbocycles. The molecule has 186 valence electrons. The molecule has 6 aromatic carbocycles. The van der Waals surface area contributed by atoms with Gasteiger partial charge in [0.15, 0.2) is 0 Å². The summed E-state index contributed by atoms with van der Waals surface area (Å²) in [7, 11) is 0. The summed E-state index contributed by atoms with van der Waals surface area (Å²) in [6, 6.07) is 50.0. The van der Waals surface area contributed by atoms with Crippen molar-refractivity contribution in [2.75, 3.05) is 0 Å². The van der Waals surface area contributed by atoms with E-state index in [1.54, 1.807) is 0 Å². The van der Waals surface area contributed by atoms with Crippen LogP contribution in [0.5, 0.6) is 0 Å². The quantitative estimate of drug-likeness (QED) is 0.183. The zero-order valence-electron chi connectivity index (χ0n) is 21.0. The SMILES string of the molecule is Brc1ccc2c(c1)c1cc(Br)ccc1n2-c1c(-c2ccccc2)cc(-c2ccccc2)cc1-c1ccccc1. The molecule has 1 nitrogen and oxygen atoms in total. The fourth-order valence-corrected chi connectivity index (χ4v) is 6.28. The fourth-order valence-electron chi connectivity index (χ4n) is 5.56. The monoisotopic (exact) mass is 627 g/mol. The molecule has 0 unspecified atom stereocenters. The molecule has 0 saturated heterocycles. The number of halogens is 2. The molecule has 39 heavy (non-hydrogen) atoms. The highest BCUT2D eigenvalue weighted by Gasteiger charge is 2.21. The Morgan fingerprint density at radius 1 is 0.385 bits per heavy atom. The fraction of sp³-hybridized carbons (Fsp3) is 0. The summed E-state index contributed by atoms with van der Waals surface area (Å²) in [6.07, 6.45) is 0. The number of rotatable bonds is 4. The Morgan fingerprint density at radius 2 is 0.795 bits per heavy atom. The normalized spacial score (nSPS) is 11.3. The maximum Gasteiger partial charge on any atom is 0.0619 e. The first-order valence-corrected chi connectivity index (χ1v) is 14.5. The van der Waals surface area contributed by atoms with E-state index in [1.807, 2.05) is 0 Å². The van der Waals surface area contributed by atoms with Gasteiger partial charge in [-0.2, -0.15) is 0 Å². The molecule has 0 radical (unpaired) electrons. The number of hydrogen-bond donors (Lipinski definition) is 0. The van der Waals surface area contributed by atoms with Crippen LogP contribution < -0.4 is 0 Å². The minimum absolute atomic E-state index is 1.07. The standard InChI is InChI=1S/C36H23Br2N/c37-28-16-18-34-32(22-28)33-23-29(38)17-19-35(33)39(34)36-30(25-12-6-2-7-13-25)20-27(24-10-4-1-5-11-24)21-31(36)26-14-8-3-9-15-26/h1-23H. The van der Waals surface area contributed by atoms with Crippen molar-refractivity contribution in [3.05, 3.63) is 148 Å². The molecule has 0 amide bonds. The van der Waals surface area contributed by atoms with Gasteiger partial charge in [-0.05, 0) is 70.8 Å². The smallest absolute Gasteiger partial charge is 0.0619 e. The highest BCUT2D eigenvalue weighted by atomic mass is 79.9. The Balaban J connectivity index is 1.68. The van der Waals surface area contributed by atoms with Crippen LogP contribution in [0.25, 0.3) is 60.9 Å². The van der Waals surface area contributed by atoms with Crippen LogP contribution in [0.4, 0.5) is 0 Å². The lowest BCUT2D eigenvalue weighted by Gasteiger charge is -2.21. The molecule has 0 aliphatic heterocycles. The van der Waals surface area contributed by atoms with Gasteiger partial charge in [0.2, 0.25) is 0 Å². The molecule has 1 aromatic heterocycles. The molecule has 0 bridgehead atoms. The van der Waals surface area contributed by atoms with E-state index in [1.165, 1.54) is 60.9 Å². The predicted molar refractivity (Wildman–Crippen MR) is 172 cm³/mol. The zero-order valence-corrected chi connectivity index (χ0v) is 24.2. The van der Waals surface area contributed by atoms with Crippen LogP contribution in [-0.2, 0) is 0 Å². The maximum atomic E-state index is 3.72. The Hall–Kier alpha value is -3.92. The number of nitrogens with zero attached hydrogens (tertiary/aromatic N) is 1. The Morgan fingerprint density at radius 3 is 1.23 bits per heavy atom. The number of aromatic nitrogens is 1. The van der Waals surface area contributed by atoms with Crippen molar-refractivity contribution in [1.29, 1.82) is 0 Å². The van der Waals surface area contributed by atoms with Crippen LogP contribution in [0, 0.1) is 0 Å². The zero-order chi connectivity index (χ0) is 26.3. The van der Waals surface area contributed by atoms with E-state index in [4.69, 9.17) is 0 Å². The molecule has 7 rings (SSSR count). The van der Waals surface area contributed by atoms with Crippen molar-refractivity contribution in [2.24, 2.45) is 0 Å². The topological polar surface area (TPSA) is 4.93 Å². The minimum atomic E-state index is 1.07. The second-order valence-electron chi connectivity index (χ2n) is 9.68. The Bertz CT molecular complexity index is 1840. The van der Waals surface area contributed by atoms with Crippen molar-refractivity contribution in [2.45, 2.75) is 0 Å².